The number of alkyl halides is 3. The lowest BCUT2D eigenvalue weighted by Crippen LogP contribution is -2.37. The number of hydrogen-bond acceptors (Lipinski definition) is 3. The fourth-order valence-electron chi connectivity index (χ4n) is 2.52. The number of nitrogens with zero attached hydrogens (tertiary/aromatic N) is 1. The highest BCUT2D eigenvalue weighted by atomic mass is 19.4. The summed E-state index contributed by atoms with van der Waals surface area (Å²) in [6.07, 6.45) is -4.59. The van der Waals surface area contributed by atoms with Crippen molar-refractivity contribution < 1.29 is 22.9 Å². The van der Waals surface area contributed by atoms with Gasteiger partial charge in [-0.05, 0) is 37.1 Å². The third-order valence-electron chi connectivity index (χ3n) is 3.67. The quantitative estimate of drug-likeness (QED) is 0.813. The number of nitrogens with one attached hydrogen (secondary N) is 3. The number of halogens is 3. The lowest BCUT2D eigenvalue weighted by atomic mass is 10.0. The molecule has 0 bridgehead atoms. The van der Waals surface area contributed by atoms with Crippen LogP contribution in [0, 0.1) is 25.2 Å². The second kappa shape index (κ2) is 7.38. The maximum atomic E-state index is 12.1. The van der Waals surface area contributed by atoms with Crippen molar-refractivity contribution in [2.45, 2.75) is 26.4 Å². The van der Waals surface area contributed by atoms with Gasteiger partial charge in [-0.2, -0.15) is 18.4 Å². The summed E-state index contributed by atoms with van der Waals surface area (Å²) in [5.41, 5.74) is 3.40. The number of rotatable bonds is 5. The molecule has 1 heterocycles. The van der Waals surface area contributed by atoms with E-state index in [9.17, 15) is 23.2 Å². The summed E-state index contributed by atoms with van der Waals surface area (Å²) in [4.78, 5) is 13.9. The normalized spacial score (nSPS) is 11.2. The van der Waals surface area contributed by atoms with Crippen LogP contribution in [0.2, 0.25) is 0 Å². The lowest BCUT2D eigenvalue weighted by molar-refractivity contribution is -0.327. The Balaban J connectivity index is 2.03. The van der Waals surface area contributed by atoms with Crippen molar-refractivity contribution in [2.24, 2.45) is 0 Å². The predicted octanol–water partition coefficient (Wildman–Crippen LogP) is 2.62. The van der Waals surface area contributed by atoms with E-state index in [4.69, 9.17) is 0 Å². The average molecular weight is 351 g/mol. The van der Waals surface area contributed by atoms with Crippen LogP contribution in [-0.2, 0) is 4.79 Å². The number of nitriles is 1. The van der Waals surface area contributed by atoms with Gasteiger partial charge in [-0.15, -0.1) is 0 Å². The number of aryl methyl sites for hydroxylation is 2. The van der Waals surface area contributed by atoms with Crippen LogP contribution in [0.5, 0.6) is 0 Å². The molecule has 0 aliphatic rings. The van der Waals surface area contributed by atoms with Crippen molar-refractivity contribution in [3.8, 4) is 6.07 Å². The van der Waals surface area contributed by atoms with Crippen LogP contribution in [0.15, 0.2) is 18.2 Å². The number of H-pyrrole nitrogens is 1. The highest BCUT2D eigenvalue weighted by molar-refractivity contribution is 5.83. The molecule has 5 nitrogen and oxygen atoms in total. The van der Waals surface area contributed by atoms with Crippen LogP contribution in [0.3, 0.4) is 0 Å². The summed E-state index contributed by atoms with van der Waals surface area (Å²) >= 11 is 0. The van der Waals surface area contributed by atoms with Gasteiger partial charge in [0.15, 0.2) is 0 Å². The second-order valence-corrected chi connectivity index (χ2v) is 5.75. The van der Waals surface area contributed by atoms with Gasteiger partial charge < -0.3 is 5.32 Å². The van der Waals surface area contributed by atoms with Crippen LogP contribution in [-0.4, -0.2) is 25.2 Å². The Morgan fingerprint density at radius 3 is 2.60 bits per heavy atom. The first-order valence-corrected chi connectivity index (χ1v) is 7.68. The number of aromatic nitrogens is 1. The maximum Gasteiger partial charge on any atom is 0.471 e. The summed E-state index contributed by atoms with van der Waals surface area (Å²) in [6, 6.07) is 7.85. The third-order valence-corrected chi connectivity index (χ3v) is 3.67. The molecular formula is C17H18F3N4O+. The number of pyridine rings is 1. The number of carbonyl (C=O) groups is 1. The van der Waals surface area contributed by atoms with Gasteiger partial charge >= 0.3 is 12.1 Å². The maximum absolute atomic E-state index is 12.1. The molecule has 0 saturated heterocycles. The average Bonchev–Trinajstić information content (AvgIpc) is 2.52. The first-order chi connectivity index (χ1) is 11.7. The van der Waals surface area contributed by atoms with E-state index in [1.807, 2.05) is 26.0 Å². The van der Waals surface area contributed by atoms with Crippen LogP contribution in [0.4, 0.5) is 19.0 Å². The smallest absolute Gasteiger partial charge is 0.348 e. The molecule has 2 rings (SSSR count). The van der Waals surface area contributed by atoms with Crippen molar-refractivity contribution in [3.05, 3.63) is 34.9 Å². The summed E-state index contributed by atoms with van der Waals surface area (Å²) < 4.78 is 36.2. The Labute approximate surface area is 142 Å². The summed E-state index contributed by atoms with van der Waals surface area (Å²) in [5.74, 6) is -1.45. The van der Waals surface area contributed by atoms with Gasteiger partial charge in [0, 0.05) is 18.4 Å². The highest BCUT2D eigenvalue weighted by Crippen LogP contribution is 2.21. The van der Waals surface area contributed by atoms with Crippen molar-refractivity contribution in [1.82, 2.24) is 5.32 Å². The fraction of sp³-hybridized carbons (Fsp3) is 0.353. The summed E-state index contributed by atoms with van der Waals surface area (Å²) in [6.45, 7) is 4.12. The first-order valence-electron chi connectivity index (χ1n) is 7.68. The van der Waals surface area contributed by atoms with Gasteiger partial charge in [0.05, 0.1) is 6.54 Å². The van der Waals surface area contributed by atoms with E-state index < -0.39 is 12.1 Å². The van der Waals surface area contributed by atoms with Crippen LogP contribution >= 0.6 is 0 Å². The molecule has 25 heavy (non-hydrogen) atoms. The van der Waals surface area contributed by atoms with E-state index in [0.29, 0.717) is 17.9 Å². The van der Waals surface area contributed by atoms with Crippen molar-refractivity contribution >= 4 is 22.6 Å². The van der Waals surface area contributed by atoms with E-state index in [2.05, 4.69) is 16.4 Å². The number of carbonyl (C=O) groups excluding carboxylic acids is 1. The molecule has 1 aromatic carbocycles. The molecule has 0 spiro atoms. The minimum atomic E-state index is -4.87. The topological polar surface area (TPSA) is 79.1 Å². The molecule has 0 aliphatic heterocycles. The van der Waals surface area contributed by atoms with Crippen LogP contribution in [0.25, 0.3) is 10.9 Å². The molecular weight excluding hydrogens is 333 g/mol. The van der Waals surface area contributed by atoms with Crippen molar-refractivity contribution in [1.29, 1.82) is 5.26 Å². The Morgan fingerprint density at radius 2 is 1.96 bits per heavy atom. The molecule has 8 heteroatoms. The first kappa shape index (κ1) is 18.5. The fourth-order valence-corrected chi connectivity index (χ4v) is 2.52. The molecule has 1 aromatic heterocycles. The summed E-state index contributed by atoms with van der Waals surface area (Å²) in [7, 11) is 0. The van der Waals surface area contributed by atoms with E-state index in [1.54, 1.807) is 11.4 Å². The Bertz CT molecular complexity index is 840. The van der Waals surface area contributed by atoms with Crippen LogP contribution in [0.1, 0.15) is 23.1 Å². The van der Waals surface area contributed by atoms with Gasteiger partial charge in [0.25, 0.3) is 5.82 Å². The van der Waals surface area contributed by atoms with Gasteiger partial charge in [-0.1, -0.05) is 6.07 Å². The number of aromatic amines is 1. The Morgan fingerprint density at radius 1 is 1.24 bits per heavy atom. The zero-order valence-electron chi connectivity index (χ0n) is 13.8. The molecule has 0 saturated carbocycles. The zero-order chi connectivity index (χ0) is 18.6. The SMILES string of the molecule is Cc1cc(C)c2cc(C#N)c(NCCCNC(=O)C(F)(F)F)[nH+]c2c1. The van der Waals surface area contributed by atoms with Gasteiger partial charge in [-0.3, -0.25) is 10.1 Å². The minimum absolute atomic E-state index is 0.112. The van der Waals surface area contributed by atoms with Gasteiger partial charge in [-0.25, -0.2) is 4.98 Å². The van der Waals surface area contributed by atoms with Crippen molar-refractivity contribution in [3.63, 3.8) is 0 Å². The highest BCUT2D eigenvalue weighted by Gasteiger charge is 2.38. The van der Waals surface area contributed by atoms with Gasteiger partial charge in [0.2, 0.25) is 0 Å². The largest absolute Gasteiger partial charge is 0.471 e. The van der Waals surface area contributed by atoms with Crippen molar-refractivity contribution in [2.75, 3.05) is 18.4 Å². The number of anilines is 1. The minimum Gasteiger partial charge on any atom is -0.348 e. The second-order valence-electron chi connectivity index (χ2n) is 5.75. The number of benzene rings is 1. The molecule has 0 unspecified atom stereocenters. The van der Waals surface area contributed by atoms with E-state index in [-0.39, 0.29) is 13.0 Å². The Kier molecular flexibility index (Phi) is 5.47. The molecule has 2 aromatic rings. The molecule has 1 amide bonds. The number of amides is 1. The monoisotopic (exact) mass is 351 g/mol. The summed E-state index contributed by atoms with van der Waals surface area (Å²) in [5, 5.41) is 15.0. The third kappa shape index (κ3) is 4.59. The molecule has 0 atom stereocenters. The molecule has 0 aliphatic carbocycles. The zero-order valence-corrected chi connectivity index (χ0v) is 13.8. The van der Waals surface area contributed by atoms with Crippen LogP contribution < -0.4 is 15.6 Å². The molecule has 132 valence electrons. The molecule has 0 fully saturated rings. The predicted molar refractivity (Wildman–Crippen MR) is 86.9 cm³/mol. The van der Waals surface area contributed by atoms with E-state index in [0.717, 1.165) is 22.0 Å². The Hall–Kier alpha value is -2.82. The standard InChI is InChI=1S/C17H17F3N4O/c1-10-6-11(2)13-8-12(9-21)15(24-14(13)7-10)22-4-3-5-23-16(25)17(18,19)20/h6-8H,3-5H2,1-2H3,(H,22,24)(H,23,25)/p+1. The number of fused-ring (bicyclic) bond motifs is 1. The van der Waals surface area contributed by atoms with Gasteiger partial charge in [0.1, 0.15) is 17.1 Å². The van der Waals surface area contributed by atoms with E-state index >= 15 is 0 Å². The molecule has 3 N–H and O–H groups in total. The van der Waals surface area contributed by atoms with E-state index in [1.165, 1.54) is 0 Å². The lowest BCUT2D eigenvalue weighted by Gasteiger charge is -2.08. The molecule has 0 radical (unpaired) electrons. The number of hydrogen-bond donors (Lipinski definition) is 2.